The van der Waals surface area contributed by atoms with E-state index < -0.39 is 29.8 Å². The van der Waals surface area contributed by atoms with Gasteiger partial charge in [-0.15, -0.1) is 0 Å². The number of aliphatic hydroxyl groups is 1. The van der Waals surface area contributed by atoms with Crippen molar-refractivity contribution in [2.75, 3.05) is 26.7 Å². The Morgan fingerprint density at radius 2 is 1.97 bits per heavy atom. The molecule has 2 saturated heterocycles. The number of fused-ring (bicyclic) bond motifs is 2. The quantitative estimate of drug-likeness (QED) is 0.493. The minimum atomic E-state index is -1.06. The second-order valence-electron chi connectivity index (χ2n) is 10.4. The molecule has 0 radical (unpaired) electrons. The number of H-pyrrole nitrogens is 1. The molecule has 4 rings (SSSR count). The van der Waals surface area contributed by atoms with E-state index in [9.17, 15) is 19.5 Å². The summed E-state index contributed by atoms with van der Waals surface area (Å²) in [5.41, 5.74) is 1.88. The SMILES string of the molecule is CN[C@@H](C)C(=O)NC(CO)C(=O)N1CC[C@@]2(C)N(C(C)=O)C[C@H](c3c[nH]c4ccc(C)cc34)[C@@]12C. The summed E-state index contributed by atoms with van der Waals surface area (Å²) in [6.07, 6.45) is 2.61. The average Bonchev–Trinajstić information content (AvgIpc) is 3.42. The van der Waals surface area contributed by atoms with E-state index in [0.29, 0.717) is 19.5 Å². The zero-order valence-corrected chi connectivity index (χ0v) is 21.4. The van der Waals surface area contributed by atoms with Crippen LogP contribution in [0.3, 0.4) is 0 Å². The summed E-state index contributed by atoms with van der Waals surface area (Å²) in [6, 6.07) is 4.67. The summed E-state index contributed by atoms with van der Waals surface area (Å²) in [5.74, 6) is -0.861. The molecule has 0 aliphatic carbocycles. The van der Waals surface area contributed by atoms with Crippen LogP contribution in [0, 0.1) is 6.92 Å². The molecule has 3 heterocycles. The highest BCUT2D eigenvalue weighted by atomic mass is 16.3. The van der Waals surface area contributed by atoms with Crippen LogP contribution in [0.5, 0.6) is 0 Å². The normalized spacial score (nSPS) is 27.7. The molecular formula is C26H37N5O4. The van der Waals surface area contributed by atoms with E-state index in [2.05, 4.69) is 34.7 Å². The van der Waals surface area contributed by atoms with Crippen LogP contribution in [0.2, 0.25) is 0 Å². The highest BCUT2D eigenvalue weighted by Crippen LogP contribution is 2.57. The molecule has 190 valence electrons. The van der Waals surface area contributed by atoms with Crippen molar-refractivity contribution in [1.82, 2.24) is 25.4 Å². The summed E-state index contributed by atoms with van der Waals surface area (Å²) < 4.78 is 0. The molecule has 1 aromatic heterocycles. The number of likely N-dealkylation sites (N-methyl/N-ethyl adjacent to an activating group) is 1. The maximum Gasteiger partial charge on any atom is 0.248 e. The molecule has 2 aliphatic rings. The highest BCUT2D eigenvalue weighted by molar-refractivity contribution is 5.91. The van der Waals surface area contributed by atoms with Crippen LogP contribution in [0.25, 0.3) is 10.9 Å². The summed E-state index contributed by atoms with van der Waals surface area (Å²) >= 11 is 0. The molecule has 3 amide bonds. The van der Waals surface area contributed by atoms with Crippen molar-refractivity contribution in [3.05, 3.63) is 35.5 Å². The molecule has 35 heavy (non-hydrogen) atoms. The van der Waals surface area contributed by atoms with Gasteiger partial charge in [0, 0.05) is 43.0 Å². The summed E-state index contributed by atoms with van der Waals surface area (Å²) in [7, 11) is 1.66. The number of amides is 3. The number of aryl methyl sites for hydroxylation is 1. The van der Waals surface area contributed by atoms with Crippen molar-refractivity contribution >= 4 is 28.6 Å². The van der Waals surface area contributed by atoms with E-state index in [4.69, 9.17) is 0 Å². The highest BCUT2D eigenvalue weighted by Gasteiger charge is 2.67. The number of aromatic nitrogens is 1. The number of benzene rings is 1. The van der Waals surface area contributed by atoms with Gasteiger partial charge in [0.1, 0.15) is 6.04 Å². The van der Waals surface area contributed by atoms with Crippen molar-refractivity contribution < 1.29 is 19.5 Å². The Kier molecular flexibility index (Phi) is 6.44. The summed E-state index contributed by atoms with van der Waals surface area (Å²) in [5, 5.41) is 16.7. The minimum absolute atomic E-state index is 0.0265. The lowest BCUT2D eigenvalue weighted by atomic mass is 9.72. The molecule has 9 nitrogen and oxygen atoms in total. The Hall–Kier alpha value is -2.91. The second kappa shape index (κ2) is 8.95. The van der Waals surface area contributed by atoms with Crippen LogP contribution < -0.4 is 10.6 Å². The molecule has 1 aromatic carbocycles. The largest absolute Gasteiger partial charge is 0.394 e. The van der Waals surface area contributed by atoms with E-state index in [1.165, 1.54) is 0 Å². The maximum absolute atomic E-state index is 13.8. The third-order valence-electron chi connectivity index (χ3n) is 8.63. The first kappa shape index (κ1) is 25.2. The van der Waals surface area contributed by atoms with Gasteiger partial charge in [0.15, 0.2) is 0 Å². The van der Waals surface area contributed by atoms with Crippen molar-refractivity contribution in [3.8, 4) is 0 Å². The monoisotopic (exact) mass is 483 g/mol. The molecular weight excluding hydrogens is 446 g/mol. The van der Waals surface area contributed by atoms with Crippen molar-refractivity contribution in [1.29, 1.82) is 0 Å². The topological polar surface area (TPSA) is 118 Å². The molecule has 2 aliphatic heterocycles. The number of nitrogens with zero attached hydrogens (tertiary/aromatic N) is 2. The van der Waals surface area contributed by atoms with Crippen LogP contribution in [0.1, 0.15) is 51.2 Å². The number of nitrogens with one attached hydrogen (secondary N) is 3. The van der Waals surface area contributed by atoms with Gasteiger partial charge in [-0.1, -0.05) is 11.6 Å². The van der Waals surface area contributed by atoms with Crippen molar-refractivity contribution in [2.24, 2.45) is 0 Å². The van der Waals surface area contributed by atoms with Gasteiger partial charge in [-0.05, 0) is 58.9 Å². The number of aliphatic hydroxyl groups excluding tert-OH is 1. The minimum Gasteiger partial charge on any atom is -0.394 e. The fourth-order valence-corrected chi connectivity index (χ4v) is 6.20. The van der Waals surface area contributed by atoms with Gasteiger partial charge in [0.25, 0.3) is 0 Å². The lowest BCUT2D eigenvalue weighted by molar-refractivity contribution is -0.143. The third kappa shape index (κ3) is 3.72. The van der Waals surface area contributed by atoms with Crippen LogP contribution in [-0.2, 0) is 14.4 Å². The second-order valence-corrected chi connectivity index (χ2v) is 10.4. The van der Waals surface area contributed by atoms with Gasteiger partial charge in [0.2, 0.25) is 17.7 Å². The van der Waals surface area contributed by atoms with Gasteiger partial charge < -0.3 is 30.5 Å². The molecule has 5 atom stereocenters. The first-order chi connectivity index (χ1) is 16.5. The molecule has 0 saturated carbocycles. The molecule has 2 aromatic rings. The first-order valence-corrected chi connectivity index (χ1v) is 12.3. The molecule has 0 spiro atoms. The first-order valence-electron chi connectivity index (χ1n) is 12.3. The van der Waals surface area contributed by atoms with E-state index in [-0.39, 0.29) is 23.6 Å². The smallest absolute Gasteiger partial charge is 0.248 e. The summed E-state index contributed by atoms with van der Waals surface area (Å²) in [4.78, 5) is 46.2. The standard InChI is InChI=1S/C26H37N5O4/c1-15-7-8-21-18(11-15)19(12-28-21)20-13-31(17(3)33)25(4)9-10-30(26(20,25)5)24(35)22(14-32)29-23(34)16(2)27-6/h7-8,11-12,16,20,22,27-28,32H,9-10,13-14H2,1-6H3,(H,29,34)/t16-,20+,22?,25+,26+/m0/s1. The fraction of sp³-hybridized carbons (Fsp3) is 0.577. The third-order valence-corrected chi connectivity index (χ3v) is 8.63. The van der Waals surface area contributed by atoms with Crippen molar-refractivity contribution in [3.63, 3.8) is 0 Å². The maximum atomic E-state index is 13.8. The molecule has 4 N–H and O–H groups in total. The van der Waals surface area contributed by atoms with Gasteiger partial charge in [0.05, 0.1) is 23.7 Å². The van der Waals surface area contributed by atoms with E-state index in [1.54, 1.807) is 25.8 Å². The van der Waals surface area contributed by atoms with Gasteiger partial charge in [-0.2, -0.15) is 0 Å². The number of aromatic amines is 1. The Labute approximate surface area is 206 Å². The number of likely N-dealkylation sites (tertiary alicyclic amines) is 2. The lowest BCUT2D eigenvalue weighted by Gasteiger charge is -2.46. The average molecular weight is 484 g/mol. The Bertz CT molecular complexity index is 1160. The van der Waals surface area contributed by atoms with Gasteiger partial charge in [-0.25, -0.2) is 0 Å². The van der Waals surface area contributed by atoms with E-state index in [1.807, 2.05) is 31.0 Å². The van der Waals surface area contributed by atoms with Gasteiger partial charge in [-0.3, -0.25) is 14.4 Å². The molecule has 0 bridgehead atoms. The number of hydrogen-bond acceptors (Lipinski definition) is 5. The van der Waals surface area contributed by atoms with Crippen molar-refractivity contribution in [2.45, 2.75) is 70.1 Å². The predicted molar refractivity (Wildman–Crippen MR) is 134 cm³/mol. The summed E-state index contributed by atoms with van der Waals surface area (Å²) in [6.45, 7) is 9.83. The lowest BCUT2D eigenvalue weighted by Crippen LogP contribution is -2.63. The zero-order chi connectivity index (χ0) is 25.7. The zero-order valence-electron chi connectivity index (χ0n) is 21.4. The molecule has 1 unspecified atom stereocenters. The molecule has 2 fully saturated rings. The van der Waals surface area contributed by atoms with E-state index >= 15 is 0 Å². The molecule has 9 heteroatoms. The van der Waals surface area contributed by atoms with Gasteiger partial charge >= 0.3 is 0 Å². The van der Waals surface area contributed by atoms with Crippen LogP contribution in [0.15, 0.2) is 24.4 Å². The number of rotatable bonds is 6. The number of carbonyl (C=O) groups excluding carboxylic acids is 3. The Morgan fingerprint density at radius 3 is 2.60 bits per heavy atom. The number of carbonyl (C=O) groups is 3. The van der Waals surface area contributed by atoms with Crippen LogP contribution >= 0.6 is 0 Å². The fourth-order valence-electron chi connectivity index (χ4n) is 6.20. The number of hydrogen-bond donors (Lipinski definition) is 4. The Morgan fingerprint density at radius 1 is 1.26 bits per heavy atom. The predicted octanol–water partition coefficient (Wildman–Crippen LogP) is 1.26. The van der Waals surface area contributed by atoms with E-state index in [0.717, 1.165) is 22.0 Å². The van der Waals surface area contributed by atoms with Crippen LogP contribution in [-0.4, -0.2) is 87.5 Å². The van der Waals surface area contributed by atoms with Crippen LogP contribution in [0.4, 0.5) is 0 Å². The Balaban J connectivity index is 1.78.